The Bertz CT molecular complexity index is 1040. The lowest BCUT2D eigenvalue weighted by atomic mass is 10.2. The van der Waals surface area contributed by atoms with Crippen LogP contribution in [0.3, 0.4) is 0 Å². The summed E-state index contributed by atoms with van der Waals surface area (Å²) < 4.78 is 10.6. The van der Waals surface area contributed by atoms with E-state index in [9.17, 15) is 4.79 Å². The molecule has 0 spiro atoms. The summed E-state index contributed by atoms with van der Waals surface area (Å²) in [6, 6.07) is 12.7. The summed E-state index contributed by atoms with van der Waals surface area (Å²) in [6.07, 6.45) is 1.35. The number of aryl methyl sites for hydroxylation is 1. The van der Waals surface area contributed by atoms with Crippen LogP contribution in [0.5, 0.6) is 11.5 Å². The highest BCUT2D eigenvalue weighted by Crippen LogP contribution is 2.32. The lowest BCUT2D eigenvalue weighted by Crippen LogP contribution is -2.24. The number of hydrogen-bond donors (Lipinski definition) is 2. The van der Waals surface area contributed by atoms with Gasteiger partial charge in [0.05, 0.1) is 0 Å². The fourth-order valence-electron chi connectivity index (χ4n) is 2.78. The quantitative estimate of drug-likeness (QED) is 0.681. The Kier molecular flexibility index (Phi) is 4.99. The number of ether oxygens (including phenoxy) is 2. The second kappa shape index (κ2) is 7.74. The third kappa shape index (κ3) is 3.99. The Morgan fingerprint density at radius 3 is 2.82 bits per heavy atom. The van der Waals surface area contributed by atoms with Crippen LogP contribution in [-0.4, -0.2) is 22.7 Å². The van der Waals surface area contributed by atoms with Crippen molar-refractivity contribution in [2.75, 3.05) is 12.1 Å². The van der Waals surface area contributed by atoms with Gasteiger partial charge >= 0.3 is 0 Å². The minimum absolute atomic E-state index is 0.217. The fourth-order valence-corrected chi connectivity index (χ4v) is 3.01. The van der Waals surface area contributed by atoms with Crippen LogP contribution in [0.15, 0.2) is 48.8 Å². The number of carbonyl (C=O) groups is 1. The molecular formula is C20H17ClN4O3. The molecule has 0 saturated carbocycles. The molecule has 0 radical (unpaired) electrons. The largest absolute Gasteiger partial charge is 0.454 e. The maximum Gasteiger partial charge on any atom is 0.270 e. The second-order valence-corrected chi connectivity index (χ2v) is 6.68. The summed E-state index contributed by atoms with van der Waals surface area (Å²) in [6.45, 7) is 2.50. The van der Waals surface area contributed by atoms with Crippen molar-refractivity contribution in [2.45, 2.75) is 13.5 Å². The number of nitrogens with one attached hydrogen (secondary N) is 2. The molecule has 2 heterocycles. The van der Waals surface area contributed by atoms with E-state index in [1.807, 2.05) is 37.3 Å². The number of carbonyl (C=O) groups excluding carboxylic acids is 1. The van der Waals surface area contributed by atoms with Gasteiger partial charge in [0.25, 0.3) is 5.91 Å². The van der Waals surface area contributed by atoms with E-state index in [-0.39, 0.29) is 18.4 Å². The number of rotatable bonds is 5. The molecule has 142 valence electrons. The van der Waals surface area contributed by atoms with E-state index in [1.165, 1.54) is 6.33 Å². The molecule has 4 rings (SSSR count). The number of anilines is 2. The third-order valence-corrected chi connectivity index (χ3v) is 4.48. The van der Waals surface area contributed by atoms with Gasteiger partial charge in [-0.1, -0.05) is 17.7 Å². The molecule has 1 aliphatic rings. The van der Waals surface area contributed by atoms with Crippen LogP contribution in [0.2, 0.25) is 5.02 Å². The third-order valence-electron chi connectivity index (χ3n) is 4.24. The summed E-state index contributed by atoms with van der Waals surface area (Å²) in [7, 11) is 0. The second-order valence-electron chi connectivity index (χ2n) is 6.24. The van der Waals surface area contributed by atoms with Crippen molar-refractivity contribution >= 4 is 29.0 Å². The minimum atomic E-state index is -0.295. The monoisotopic (exact) mass is 396 g/mol. The van der Waals surface area contributed by atoms with Gasteiger partial charge in [-0.25, -0.2) is 9.97 Å². The number of nitrogens with zero attached hydrogens (tertiary/aromatic N) is 2. The van der Waals surface area contributed by atoms with Crippen LogP contribution in [-0.2, 0) is 6.54 Å². The molecule has 0 saturated heterocycles. The van der Waals surface area contributed by atoms with E-state index >= 15 is 0 Å². The number of benzene rings is 2. The van der Waals surface area contributed by atoms with Crippen molar-refractivity contribution in [3.8, 4) is 11.5 Å². The minimum Gasteiger partial charge on any atom is -0.454 e. The average Bonchev–Trinajstić information content (AvgIpc) is 3.16. The first kappa shape index (κ1) is 18.1. The van der Waals surface area contributed by atoms with Gasteiger partial charge in [0, 0.05) is 23.3 Å². The number of halogens is 1. The molecule has 28 heavy (non-hydrogen) atoms. The molecule has 2 N–H and O–H groups in total. The molecule has 8 heteroatoms. The van der Waals surface area contributed by atoms with Gasteiger partial charge in [-0.3, -0.25) is 4.79 Å². The van der Waals surface area contributed by atoms with Crippen molar-refractivity contribution < 1.29 is 14.3 Å². The molecule has 3 aromatic rings. The number of aromatic nitrogens is 2. The molecule has 7 nitrogen and oxygen atoms in total. The number of fused-ring (bicyclic) bond motifs is 1. The van der Waals surface area contributed by atoms with Crippen LogP contribution < -0.4 is 20.1 Å². The van der Waals surface area contributed by atoms with E-state index in [4.69, 9.17) is 21.1 Å². The Hall–Kier alpha value is -3.32. The highest BCUT2D eigenvalue weighted by Gasteiger charge is 2.14. The van der Waals surface area contributed by atoms with E-state index in [2.05, 4.69) is 20.6 Å². The lowest BCUT2D eigenvalue weighted by Gasteiger charge is -2.10. The highest BCUT2D eigenvalue weighted by atomic mass is 35.5. The van der Waals surface area contributed by atoms with Crippen molar-refractivity contribution in [1.82, 2.24) is 15.3 Å². The SMILES string of the molecule is Cc1cc(Cl)ccc1Nc1cc(C(=O)NCc2ccc3c(c2)OCO3)ncn1. The molecule has 0 unspecified atom stereocenters. The molecule has 1 amide bonds. The van der Waals surface area contributed by atoms with Gasteiger partial charge in [0.15, 0.2) is 11.5 Å². The molecule has 2 aromatic carbocycles. The Morgan fingerprint density at radius 2 is 1.96 bits per heavy atom. The molecule has 1 aromatic heterocycles. The summed E-state index contributed by atoms with van der Waals surface area (Å²) in [5.74, 6) is 1.61. The van der Waals surface area contributed by atoms with Gasteiger partial charge in [0.1, 0.15) is 17.8 Å². The maximum atomic E-state index is 12.5. The van der Waals surface area contributed by atoms with Crippen LogP contribution in [0, 0.1) is 6.92 Å². The van der Waals surface area contributed by atoms with E-state index in [0.717, 1.165) is 16.8 Å². The van der Waals surface area contributed by atoms with Crippen molar-refractivity contribution in [3.63, 3.8) is 0 Å². The van der Waals surface area contributed by atoms with Crippen LogP contribution in [0.1, 0.15) is 21.6 Å². The predicted molar refractivity (Wildman–Crippen MR) is 105 cm³/mol. The van der Waals surface area contributed by atoms with Crippen LogP contribution in [0.4, 0.5) is 11.5 Å². The first-order valence-corrected chi connectivity index (χ1v) is 8.98. The smallest absolute Gasteiger partial charge is 0.270 e. The highest BCUT2D eigenvalue weighted by molar-refractivity contribution is 6.30. The van der Waals surface area contributed by atoms with Crippen molar-refractivity contribution in [3.05, 3.63) is 70.6 Å². The van der Waals surface area contributed by atoms with Crippen LogP contribution in [0.25, 0.3) is 0 Å². The van der Waals surface area contributed by atoms with Gasteiger partial charge in [0.2, 0.25) is 6.79 Å². The molecule has 0 atom stereocenters. The number of amides is 1. The zero-order valence-corrected chi connectivity index (χ0v) is 15.8. The summed E-state index contributed by atoms with van der Waals surface area (Å²) in [4.78, 5) is 20.7. The lowest BCUT2D eigenvalue weighted by molar-refractivity contribution is 0.0945. The topological polar surface area (TPSA) is 85.4 Å². The van der Waals surface area contributed by atoms with E-state index < -0.39 is 0 Å². The van der Waals surface area contributed by atoms with Gasteiger partial charge in [-0.05, 0) is 48.4 Å². The Labute approximate surface area is 166 Å². The molecule has 0 aliphatic carbocycles. The van der Waals surface area contributed by atoms with Gasteiger partial charge in [-0.2, -0.15) is 0 Å². The maximum absolute atomic E-state index is 12.5. The van der Waals surface area contributed by atoms with Crippen molar-refractivity contribution in [1.29, 1.82) is 0 Å². The first-order valence-electron chi connectivity index (χ1n) is 8.60. The standard InChI is InChI=1S/C20H17ClN4O3/c1-12-6-14(21)3-4-15(12)25-19-8-16(23-10-24-19)20(26)22-9-13-2-5-17-18(7-13)28-11-27-17/h2-8,10H,9,11H2,1H3,(H,22,26)(H,23,24,25). The van der Waals surface area contributed by atoms with Crippen LogP contribution >= 0.6 is 11.6 Å². The van der Waals surface area contributed by atoms with Gasteiger partial charge in [-0.15, -0.1) is 0 Å². The normalized spacial score (nSPS) is 11.9. The molecule has 0 bridgehead atoms. The Balaban J connectivity index is 1.42. The molecule has 1 aliphatic heterocycles. The first-order chi connectivity index (χ1) is 13.6. The molecule has 0 fully saturated rings. The zero-order valence-electron chi connectivity index (χ0n) is 15.0. The summed E-state index contributed by atoms with van der Waals surface area (Å²) in [5, 5.41) is 6.68. The summed E-state index contributed by atoms with van der Waals surface area (Å²) in [5.41, 5.74) is 3.00. The fraction of sp³-hybridized carbons (Fsp3) is 0.150. The van der Waals surface area contributed by atoms with E-state index in [1.54, 1.807) is 12.1 Å². The Morgan fingerprint density at radius 1 is 1.11 bits per heavy atom. The number of hydrogen-bond acceptors (Lipinski definition) is 6. The average molecular weight is 397 g/mol. The van der Waals surface area contributed by atoms with Gasteiger partial charge < -0.3 is 20.1 Å². The predicted octanol–water partition coefficient (Wildman–Crippen LogP) is 3.84. The molecular weight excluding hydrogens is 380 g/mol. The summed E-state index contributed by atoms with van der Waals surface area (Å²) >= 11 is 5.98. The van der Waals surface area contributed by atoms with Crippen molar-refractivity contribution in [2.24, 2.45) is 0 Å². The zero-order chi connectivity index (χ0) is 19.5. The van der Waals surface area contributed by atoms with E-state index in [0.29, 0.717) is 28.9 Å².